The first-order valence-electron chi connectivity index (χ1n) is 9.29. The van der Waals surface area contributed by atoms with E-state index in [9.17, 15) is 4.79 Å². The van der Waals surface area contributed by atoms with Crippen LogP contribution in [0.4, 0.5) is 11.5 Å². The summed E-state index contributed by atoms with van der Waals surface area (Å²) in [6, 6.07) is 12.8. The van der Waals surface area contributed by atoms with Crippen LogP contribution in [0.2, 0.25) is 0 Å². The molecule has 0 bridgehead atoms. The SMILES string of the molecule is CNC(=O)c1ccc(NCc2ccc(N(C)C3CCCCC3)cc2)nn1. The van der Waals surface area contributed by atoms with Crippen molar-refractivity contribution in [1.29, 1.82) is 0 Å². The van der Waals surface area contributed by atoms with Crippen molar-refractivity contribution >= 4 is 17.4 Å². The first kappa shape index (κ1) is 18.2. The highest BCUT2D eigenvalue weighted by Crippen LogP contribution is 2.26. The predicted molar refractivity (Wildman–Crippen MR) is 104 cm³/mol. The summed E-state index contributed by atoms with van der Waals surface area (Å²) in [6.45, 7) is 0.668. The molecule has 0 saturated heterocycles. The fourth-order valence-corrected chi connectivity index (χ4v) is 3.40. The number of hydrogen-bond acceptors (Lipinski definition) is 5. The molecular weight excluding hydrogens is 326 g/mol. The second-order valence-electron chi connectivity index (χ2n) is 6.81. The van der Waals surface area contributed by atoms with Crippen molar-refractivity contribution < 1.29 is 4.79 Å². The molecule has 1 aliphatic carbocycles. The van der Waals surface area contributed by atoms with E-state index in [0.717, 1.165) is 0 Å². The highest BCUT2D eigenvalue weighted by atomic mass is 16.1. The average Bonchev–Trinajstić information content (AvgIpc) is 2.72. The maximum Gasteiger partial charge on any atom is 0.271 e. The molecule has 26 heavy (non-hydrogen) atoms. The first-order chi connectivity index (χ1) is 12.7. The molecule has 6 nitrogen and oxygen atoms in total. The lowest BCUT2D eigenvalue weighted by atomic mass is 9.94. The number of benzene rings is 1. The highest BCUT2D eigenvalue weighted by Gasteiger charge is 2.18. The molecule has 138 valence electrons. The predicted octanol–water partition coefficient (Wildman–Crippen LogP) is 3.22. The Labute approximate surface area is 155 Å². The quantitative estimate of drug-likeness (QED) is 0.834. The standard InChI is InChI=1S/C20H27N5O/c1-21-20(26)18-12-13-19(24-23-18)22-14-15-8-10-17(11-9-15)25(2)16-6-4-3-5-7-16/h8-13,16H,3-7,14H2,1-2H3,(H,21,26)(H,22,24). The van der Waals surface area contributed by atoms with E-state index in [1.807, 2.05) is 0 Å². The van der Waals surface area contributed by atoms with Gasteiger partial charge in [0.1, 0.15) is 5.82 Å². The Morgan fingerprint density at radius 2 is 1.81 bits per heavy atom. The van der Waals surface area contributed by atoms with Crippen molar-refractivity contribution in [1.82, 2.24) is 15.5 Å². The number of anilines is 2. The zero-order chi connectivity index (χ0) is 18.4. The molecular formula is C20H27N5O. The third-order valence-electron chi connectivity index (χ3n) is 5.06. The molecule has 1 aromatic heterocycles. The molecule has 1 aliphatic rings. The third kappa shape index (κ3) is 4.50. The molecule has 3 rings (SSSR count). The van der Waals surface area contributed by atoms with Crippen LogP contribution in [-0.4, -0.2) is 36.2 Å². The van der Waals surface area contributed by atoms with Crippen LogP contribution in [0.15, 0.2) is 36.4 Å². The number of carbonyl (C=O) groups excluding carboxylic acids is 1. The van der Waals surface area contributed by atoms with Crippen molar-refractivity contribution in [3.05, 3.63) is 47.7 Å². The van der Waals surface area contributed by atoms with E-state index in [1.165, 1.54) is 43.4 Å². The van der Waals surface area contributed by atoms with Crippen molar-refractivity contribution in [2.45, 2.75) is 44.7 Å². The minimum Gasteiger partial charge on any atom is -0.372 e. The third-order valence-corrected chi connectivity index (χ3v) is 5.06. The van der Waals surface area contributed by atoms with Crippen LogP contribution in [0.3, 0.4) is 0 Å². The Morgan fingerprint density at radius 3 is 2.42 bits per heavy atom. The van der Waals surface area contributed by atoms with E-state index in [1.54, 1.807) is 19.2 Å². The summed E-state index contributed by atoms with van der Waals surface area (Å²) in [5.41, 5.74) is 2.77. The van der Waals surface area contributed by atoms with Gasteiger partial charge in [0.25, 0.3) is 5.91 Å². The molecule has 0 spiro atoms. The van der Waals surface area contributed by atoms with E-state index in [2.05, 4.69) is 57.0 Å². The van der Waals surface area contributed by atoms with Crippen molar-refractivity contribution in [3.63, 3.8) is 0 Å². The molecule has 2 N–H and O–H groups in total. The van der Waals surface area contributed by atoms with Crippen LogP contribution in [0.1, 0.15) is 48.2 Å². The van der Waals surface area contributed by atoms with E-state index in [-0.39, 0.29) is 5.91 Å². The van der Waals surface area contributed by atoms with Gasteiger partial charge in [-0.3, -0.25) is 4.79 Å². The van der Waals surface area contributed by atoms with Crippen LogP contribution in [-0.2, 0) is 6.54 Å². The lowest BCUT2D eigenvalue weighted by Gasteiger charge is -2.33. The van der Waals surface area contributed by atoms with Gasteiger partial charge >= 0.3 is 0 Å². The van der Waals surface area contributed by atoms with E-state index < -0.39 is 0 Å². The summed E-state index contributed by atoms with van der Waals surface area (Å²) in [4.78, 5) is 13.9. The van der Waals surface area contributed by atoms with Crippen LogP contribution >= 0.6 is 0 Å². The van der Waals surface area contributed by atoms with Gasteiger partial charge in [0.15, 0.2) is 5.69 Å². The Kier molecular flexibility index (Phi) is 6.04. The first-order valence-corrected chi connectivity index (χ1v) is 9.29. The fraction of sp³-hybridized carbons (Fsp3) is 0.450. The summed E-state index contributed by atoms with van der Waals surface area (Å²) < 4.78 is 0. The Balaban J connectivity index is 1.55. The maximum atomic E-state index is 11.5. The summed E-state index contributed by atoms with van der Waals surface area (Å²) in [6.07, 6.45) is 6.66. The van der Waals surface area contributed by atoms with E-state index >= 15 is 0 Å². The summed E-state index contributed by atoms with van der Waals surface area (Å²) in [7, 11) is 3.78. The van der Waals surface area contributed by atoms with E-state index in [0.29, 0.717) is 24.1 Å². The van der Waals surface area contributed by atoms with Gasteiger partial charge in [-0.2, -0.15) is 0 Å². The van der Waals surface area contributed by atoms with Crippen LogP contribution < -0.4 is 15.5 Å². The average molecular weight is 353 g/mol. The van der Waals surface area contributed by atoms with Crippen LogP contribution in [0.25, 0.3) is 0 Å². The topological polar surface area (TPSA) is 70.2 Å². The molecule has 1 fully saturated rings. The molecule has 1 saturated carbocycles. The number of aromatic nitrogens is 2. The molecule has 1 heterocycles. The van der Waals surface area contributed by atoms with Crippen LogP contribution in [0.5, 0.6) is 0 Å². The molecule has 0 unspecified atom stereocenters. The highest BCUT2D eigenvalue weighted by molar-refractivity contribution is 5.91. The summed E-state index contributed by atoms with van der Waals surface area (Å²) >= 11 is 0. The summed E-state index contributed by atoms with van der Waals surface area (Å²) in [5.74, 6) is 0.419. The smallest absolute Gasteiger partial charge is 0.271 e. The molecule has 1 amide bonds. The molecule has 0 atom stereocenters. The Morgan fingerprint density at radius 1 is 1.08 bits per heavy atom. The number of nitrogens with zero attached hydrogens (tertiary/aromatic N) is 3. The number of nitrogens with one attached hydrogen (secondary N) is 2. The zero-order valence-electron chi connectivity index (χ0n) is 15.5. The van der Waals surface area contributed by atoms with Crippen molar-refractivity contribution in [2.75, 3.05) is 24.3 Å². The second kappa shape index (κ2) is 8.65. The molecule has 1 aromatic carbocycles. The number of rotatable bonds is 6. The number of hydrogen-bond donors (Lipinski definition) is 2. The lowest BCUT2D eigenvalue weighted by molar-refractivity contribution is 0.0957. The normalized spacial score (nSPS) is 14.7. The molecule has 2 aromatic rings. The number of carbonyl (C=O) groups is 1. The Hall–Kier alpha value is -2.63. The largest absolute Gasteiger partial charge is 0.372 e. The minimum atomic E-state index is -0.235. The van der Waals surface area contributed by atoms with Gasteiger partial charge in [0, 0.05) is 32.4 Å². The lowest BCUT2D eigenvalue weighted by Crippen LogP contribution is -2.33. The van der Waals surface area contributed by atoms with Gasteiger partial charge in [-0.15, -0.1) is 10.2 Å². The van der Waals surface area contributed by atoms with Gasteiger partial charge in [-0.1, -0.05) is 31.4 Å². The monoisotopic (exact) mass is 353 g/mol. The van der Waals surface area contributed by atoms with Crippen molar-refractivity contribution in [3.8, 4) is 0 Å². The minimum absolute atomic E-state index is 0.235. The van der Waals surface area contributed by atoms with Crippen LogP contribution in [0, 0.1) is 0 Å². The number of amides is 1. The van der Waals surface area contributed by atoms with E-state index in [4.69, 9.17) is 0 Å². The summed E-state index contributed by atoms with van der Waals surface area (Å²) in [5, 5.41) is 13.7. The maximum absolute atomic E-state index is 11.5. The second-order valence-corrected chi connectivity index (χ2v) is 6.81. The molecule has 0 radical (unpaired) electrons. The van der Waals surface area contributed by atoms with Gasteiger partial charge in [-0.25, -0.2) is 0 Å². The fourth-order valence-electron chi connectivity index (χ4n) is 3.40. The zero-order valence-corrected chi connectivity index (χ0v) is 15.5. The Bertz CT molecular complexity index is 708. The van der Waals surface area contributed by atoms with Gasteiger partial charge in [0.05, 0.1) is 0 Å². The van der Waals surface area contributed by atoms with Crippen molar-refractivity contribution in [2.24, 2.45) is 0 Å². The van der Waals surface area contributed by atoms with Gasteiger partial charge < -0.3 is 15.5 Å². The van der Waals surface area contributed by atoms with Gasteiger partial charge in [0.2, 0.25) is 0 Å². The molecule has 0 aliphatic heterocycles. The molecule has 6 heteroatoms. The van der Waals surface area contributed by atoms with Gasteiger partial charge in [-0.05, 0) is 42.7 Å².